The quantitative estimate of drug-likeness (QED) is 0.510. The van der Waals surface area contributed by atoms with Crippen molar-refractivity contribution >= 4 is 28.5 Å². The van der Waals surface area contributed by atoms with E-state index >= 15 is 0 Å². The summed E-state index contributed by atoms with van der Waals surface area (Å²) < 4.78 is 2.06. The first kappa shape index (κ1) is 16.1. The van der Waals surface area contributed by atoms with Crippen LogP contribution in [0.2, 0.25) is 0 Å². The van der Waals surface area contributed by atoms with E-state index in [4.69, 9.17) is 11.8 Å². The summed E-state index contributed by atoms with van der Waals surface area (Å²) in [6, 6.07) is 23.9. The summed E-state index contributed by atoms with van der Waals surface area (Å²) in [5.41, 5.74) is 1.35. The largest absolute Gasteiger partial charge is 0.208 e. The number of rotatable bonds is 5. The Balaban J connectivity index is 1.93. The molecule has 1 aromatic heterocycles. The highest BCUT2D eigenvalue weighted by atomic mass is 32.4. The Bertz CT molecular complexity index is 755. The molecule has 0 spiro atoms. The Labute approximate surface area is 143 Å². The van der Waals surface area contributed by atoms with Crippen molar-refractivity contribution in [1.82, 2.24) is 0 Å². The van der Waals surface area contributed by atoms with E-state index in [-0.39, 0.29) is 0 Å². The summed E-state index contributed by atoms with van der Waals surface area (Å²) in [5, 5.41) is 2.62. The average molecular weight is 338 g/mol. The van der Waals surface area contributed by atoms with Gasteiger partial charge in [-0.25, -0.2) is 4.57 Å². The van der Waals surface area contributed by atoms with Gasteiger partial charge in [0, 0.05) is 18.2 Å². The van der Waals surface area contributed by atoms with Gasteiger partial charge in [0.15, 0.2) is 12.4 Å². The summed E-state index contributed by atoms with van der Waals surface area (Å²) in [7, 11) is 2.04. The van der Waals surface area contributed by atoms with Crippen LogP contribution in [0.15, 0.2) is 85.2 Å². The maximum Gasteiger partial charge on any atom is 0.168 e. The fourth-order valence-corrected chi connectivity index (χ4v) is 6.43. The molecule has 3 aromatic rings. The molecule has 0 atom stereocenters. The molecule has 0 fully saturated rings. The third-order valence-electron chi connectivity index (χ3n) is 4.11. The second-order valence-corrected chi connectivity index (χ2v) is 10.6. The lowest BCUT2D eigenvalue weighted by atomic mass is 10.2. The highest BCUT2D eigenvalue weighted by Crippen LogP contribution is 2.44. The van der Waals surface area contributed by atoms with Crippen molar-refractivity contribution < 1.29 is 4.57 Å². The van der Waals surface area contributed by atoms with E-state index in [0.29, 0.717) is 0 Å². The summed E-state index contributed by atoms with van der Waals surface area (Å²) in [5.74, 6) is 0. The Morgan fingerprint density at radius 1 is 0.783 bits per heavy atom. The maximum absolute atomic E-state index is 6.27. The molecule has 0 saturated heterocycles. The predicted molar refractivity (Wildman–Crippen MR) is 103 cm³/mol. The third kappa shape index (κ3) is 3.77. The van der Waals surface area contributed by atoms with Gasteiger partial charge in [-0.15, -0.1) is 0 Å². The number of aryl methyl sites for hydroxylation is 2. The van der Waals surface area contributed by atoms with Crippen LogP contribution in [-0.4, -0.2) is 6.16 Å². The second kappa shape index (κ2) is 7.21. The molecule has 3 heteroatoms. The van der Waals surface area contributed by atoms with Gasteiger partial charge in [-0.2, -0.15) is 0 Å². The van der Waals surface area contributed by atoms with Gasteiger partial charge in [-0.1, -0.05) is 72.5 Å². The molecule has 0 aliphatic heterocycles. The summed E-state index contributed by atoms with van der Waals surface area (Å²) in [4.78, 5) is 0. The molecule has 1 heterocycles. The monoisotopic (exact) mass is 338 g/mol. The maximum atomic E-state index is 6.27. The van der Waals surface area contributed by atoms with Gasteiger partial charge in [-0.3, -0.25) is 0 Å². The van der Waals surface area contributed by atoms with Crippen LogP contribution in [0.25, 0.3) is 0 Å². The van der Waals surface area contributed by atoms with Crippen LogP contribution in [0.5, 0.6) is 0 Å². The average Bonchev–Trinajstić information content (AvgIpc) is 2.62. The molecule has 0 amide bonds. The zero-order chi connectivity index (χ0) is 16.1. The fourth-order valence-electron chi connectivity index (χ4n) is 2.73. The molecule has 0 unspecified atom stereocenters. The Hall–Kier alpha value is -1.76. The smallest absolute Gasteiger partial charge is 0.168 e. The van der Waals surface area contributed by atoms with Crippen LogP contribution < -0.4 is 15.2 Å². The van der Waals surface area contributed by atoms with Gasteiger partial charge < -0.3 is 0 Å². The van der Waals surface area contributed by atoms with Crippen LogP contribution in [0.4, 0.5) is 0 Å². The van der Waals surface area contributed by atoms with Gasteiger partial charge >= 0.3 is 0 Å². The third-order valence-corrected chi connectivity index (χ3v) is 9.04. The minimum atomic E-state index is -1.77. The van der Waals surface area contributed by atoms with E-state index in [1.165, 1.54) is 16.2 Å². The van der Waals surface area contributed by atoms with Crippen molar-refractivity contribution in [3.63, 3.8) is 0 Å². The lowest BCUT2D eigenvalue weighted by Gasteiger charge is -2.23. The van der Waals surface area contributed by atoms with Crippen molar-refractivity contribution in [2.24, 2.45) is 7.05 Å². The molecule has 1 nitrogen and oxygen atoms in total. The van der Waals surface area contributed by atoms with Gasteiger partial charge in [-0.05, 0) is 28.8 Å². The summed E-state index contributed by atoms with van der Waals surface area (Å²) in [6.07, 6.45) is 6.24. The first-order chi connectivity index (χ1) is 11.2. The molecule has 0 aliphatic rings. The first-order valence-corrected chi connectivity index (χ1v) is 10.8. The zero-order valence-corrected chi connectivity index (χ0v) is 15.0. The molecule has 0 saturated carbocycles. The van der Waals surface area contributed by atoms with Crippen LogP contribution in [-0.2, 0) is 25.3 Å². The molecule has 23 heavy (non-hydrogen) atoms. The van der Waals surface area contributed by atoms with Gasteiger partial charge in [0.2, 0.25) is 0 Å². The highest BCUT2D eigenvalue weighted by Gasteiger charge is 2.21. The van der Waals surface area contributed by atoms with Gasteiger partial charge in [0.05, 0.1) is 0 Å². The number of hydrogen-bond acceptors (Lipinski definition) is 1. The topological polar surface area (TPSA) is 3.88 Å². The Morgan fingerprint density at radius 2 is 1.26 bits per heavy atom. The van der Waals surface area contributed by atoms with E-state index in [9.17, 15) is 0 Å². The number of pyridine rings is 1. The molecular formula is C20H21NPS+. The molecule has 0 radical (unpaired) electrons. The molecule has 0 N–H and O–H groups in total. The molecule has 2 aromatic carbocycles. The van der Waals surface area contributed by atoms with Crippen molar-refractivity contribution in [3.05, 3.63) is 90.8 Å². The number of aromatic nitrogens is 1. The first-order valence-electron chi connectivity index (χ1n) is 7.83. The normalized spacial score (nSPS) is 11.3. The SMILES string of the molecule is C[n+]1ccc(CCP(=S)(c2ccccc2)c2ccccc2)cc1. The van der Waals surface area contributed by atoms with Crippen molar-refractivity contribution in [1.29, 1.82) is 0 Å². The molecule has 0 aliphatic carbocycles. The molecule has 116 valence electrons. The van der Waals surface area contributed by atoms with E-state index in [1.807, 2.05) is 7.05 Å². The second-order valence-electron chi connectivity index (χ2n) is 5.76. The van der Waals surface area contributed by atoms with Crippen molar-refractivity contribution in [3.8, 4) is 0 Å². The Morgan fingerprint density at radius 3 is 1.74 bits per heavy atom. The van der Waals surface area contributed by atoms with Crippen molar-refractivity contribution in [2.75, 3.05) is 6.16 Å². The molecular weight excluding hydrogens is 317 g/mol. The fraction of sp³-hybridized carbons (Fsp3) is 0.150. The number of hydrogen-bond donors (Lipinski definition) is 0. The van der Waals surface area contributed by atoms with Crippen LogP contribution in [0, 0.1) is 0 Å². The summed E-state index contributed by atoms with van der Waals surface area (Å²) in [6.45, 7) is 0. The van der Waals surface area contributed by atoms with E-state index in [2.05, 4.69) is 89.8 Å². The van der Waals surface area contributed by atoms with E-state index in [1.54, 1.807) is 0 Å². The lowest BCUT2D eigenvalue weighted by Crippen LogP contribution is -2.26. The van der Waals surface area contributed by atoms with Gasteiger partial charge in [0.25, 0.3) is 0 Å². The van der Waals surface area contributed by atoms with Crippen molar-refractivity contribution in [2.45, 2.75) is 6.42 Å². The van der Waals surface area contributed by atoms with Crippen LogP contribution >= 0.6 is 6.04 Å². The van der Waals surface area contributed by atoms with E-state index in [0.717, 1.165) is 12.6 Å². The minimum Gasteiger partial charge on any atom is -0.208 e. The highest BCUT2D eigenvalue weighted by molar-refractivity contribution is 8.21. The molecule has 0 bridgehead atoms. The molecule has 3 rings (SSSR count). The standard InChI is InChI=1S/C20H21NPS/c1-21-15-12-18(13-16-21)14-17-22(23,19-8-4-2-5-9-19)20-10-6-3-7-11-20/h2-13,15-16H,14,17H2,1H3/q+1. The number of benzene rings is 2. The van der Waals surface area contributed by atoms with Crippen LogP contribution in [0.3, 0.4) is 0 Å². The minimum absolute atomic E-state index is 1.02. The zero-order valence-electron chi connectivity index (χ0n) is 13.3. The predicted octanol–water partition coefficient (Wildman–Crippen LogP) is 3.18. The summed E-state index contributed by atoms with van der Waals surface area (Å²) >= 11 is 6.27. The lowest BCUT2D eigenvalue weighted by molar-refractivity contribution is -0.671. The van der Waals surface area contributed by atoms with E-state index < -0.39 is 6.04 Å². The van der Waals surface area contributed by atoms with Gasteiger partial charge in [0.1, 0.15) is 7.05 Å². The van der Waals surface area contributed by atoms with Crippen LogP contribution in [0.1, 0.15) is 5.56 Å². The number of nitrogens with zero attached hydrogens (tertiary/aromatic N) is 1. The Kier molecular flexibility index (Phi) is 5.05.